The first-order valence-corrected chi connectivity index (χ1v) is 4.88. The van der Waals surface area contributed by atoms with Gasteiger partial charge in [-0.1, -0.05) is 27.2 Å². The number of carbonyl (C=O) groups excluding carboxylic acids is 1. The molecule has 0 heterocycles. The van der Waals surface area contributed by atoms with E-state index in [0.29, 0.717) is 12.3 Å². The van der Waals surface area contributed by atoms with Crippen LogP contribution in [-0.2, 0) is 4.79 Å². The van der Waals surface area contributed by atoms with Crippen LogP contribution >= 0.6 is 0 Å². The Balaban J connectivity index is 3.73. The molecule has 0 spiro atoms. The molecule has 0 saturated heterocycles. The average molecular weight is 184 g/mol. The van der Waals surface area contributed by atoms with Crippen LogP contribution in [0.4, 0.5) is 0 Å². The minimum absolute atomic E-state index is 0.00505. The SMILES string of the molecule is CCC/C(C)=N/NC(=O)CC(C)C. The van der Waals surface area contributed by atoms with Crippen molar-refractivity contribution in [3.8, 4) is 0 Å². The Hall–Kier alpha value is -0.860. The van der Waals surface area contributed by atoms with Crippen molar-refractivity contribution < 1.29 is 4.79 Å². The topological polar surface area (TPSA) is 41.5 Å². The van der Waals surface area contributed by atoms with Crippen LogP contribution in [0.5, 0.6) is 0 Å². The van der Waals surface area contributed by atoms with E-state index in [1.165, 1.54) is 0 Å². The van der Waals surface area contributed by atoms with Crippen molar-refractivity contribution in [2.24, 2.45) is 11.0 Å². The van der Waals surface area contributed by atoms with Crippen molar-refractivity contribution in [3.63, 3.8) is 0 Å². The second-order valence-electron chi connectivity index (χ2n) is 3.73. The molecule has 1 N–H and O–H groups in total. The second kappa shape index (κ2) is 6.63. The normalized spacial score (nSPS) is 11.9. The lowest BCUT2D eigenvalue weighted by Crippen LogP contribution is -2.20. The summed E-state index contributed by atoms with van der Waals surface area (Å²) in [6.07, 6.45) is 2.56. The van der Waals surface area contributed by atoms with Crippen molar-refractivity contribution in [2.45, 2.75) is 47.0 Å². The van der Waals surface area contributed by atoms with Gasteiger partial charge in [-0.3, -0.25) is 4.79 Å². The van der Waals surface area contributed by atoms with E-state index in [1.54, 1.807) is 0 Å². The van der Waals surface area contributed by atoms with Gasteiger partial charge >= 0.3 is 0 Å². The minimum Gasteiger partial charge on any atom is -0.273 e. The van der Waals surface area contributed by atoms with E-state index in [2.05, 4.69) is 17.5 Å². The number of hydrazone groups is 1. The maximum Gasteiger partial charge on any atom is 0.240 e. The predicted molar refractivity (Wildman–Crippen MR) is 55.6 cm³/mol. The Morgan fingerprint density at radius 1 is 1.46 bits per heavy atom. The molecule has 0 aliphatic rings. The van der Waals surface area contributed by atoms with E-state index < -0.39 is 0 Å². The summed E-state index contributed by atoms with van der Waals surface area (Å²) in [5.74, 6) is 0.395. The maximum absolute atomic E-state index is 11.1. The summed E-state index contributed by atoms with van der Waals surface area (Å²) < 4.78 is 0. The lowest BCUT2D eigenvalue weighted by Gasteiger charge is -2.03. The summed E-state index contributed by atoms with van der Waals surface area (Å²) in [6, 6.07) is 0. The van der Waals surface area contributed by atoms with Crippen LogP contribution < -0.4 is 5.43 Å². The third kappa shape index (κ3) is 7.50. The van der Waals surface area contributed by atoms with Gasteiger partial charge in [-0.05, 0) is 19.3 Å². The smallest absolute Gasteiger partial charge is 0.240 e. The van der Waals surface area contributed by atoms with Crippen LogP contribution in [0.15, 0.2) is 5.10 Å². The molecule has 1 amide bonds. The van der Waals surface area contributed by atoms with E-state index in [4.69, 9.17) is 0 Å². The Bertz CT molecular complexity index is 185. The van der Waals surface area contributed by atoms with Crippen molar-refractivity contribution in [1.82, 2.24) is 5.43 Å². The maximum atomic E-state index is 11.1. The summed E-state index contributed by atoms with van der Waals surface area (Å²) in [5.41, 5.74) is 3.53. The van der Waals surface area contributed by atoms with Crippen LogP contribution in [0.2, 0.25) is 0 Å². The molecule has 0 aliphatic heterocycles. The van der Waals surface area contributed by atoms with Crippen LogP contribution in [0, 0.1) is 5.92 Å². The van der Waals surface area contributed by atoms with Crippen molar-refractivity contribution in [3.05, 3.63) is 0 Å². The predicted octanol–water partition coefficient (Wildman–Crippen LogP) is 2.32. The van der Waals surface area contributed by atoms with Crippen LogP contribution in [0.1, 0.15) is 47.0 Å². The van der Waals surface area contributed by atoms with E-state index in [0.717, 1.165) is 18.6 Å². The molecule has 0 fully saturated rings. The van der Waals surface area contributed by atoms with Gasteiger partial charge in [0.05, 0.1) is 0 Å². The highest BCUT2D eigenvalue weighted by molar-refractivity contribution is 5.84. The molecule has 13 heavy (non-hydrogen) atoms. The molecule has 0 unspecified atom stereocenters. The fraction of sp³-hybridized carbons (Fsp3) is 0.800. The van der Waals surface area contributed by atoms with Gasteiger partial charge in [-0.15, -0.1) is 0 Å². The van der Waals surface area contributed by atoms with Gasteiger partial charge in [-0.25, -0.2) is 5.43 Å². The monoisotopic (exact) mass is 184 g/mol. The van der Waals surface area contributed by atoms with Gasteiger partial charge < -0.3 is 0 Å². The molecule has 3 heteroatoms. The first kappa shape index (κ1) is 12.1. The Labute approximate surface area is 80.6 Å². The molecule has 0 rings (SSSR count). The summed E-state index contributed by atoms with van der Waals surface area (Å²) >= 11 is 0. The molecule has 0 aromatic heterocycles. The summed E-state index contributed by atoms with van der Waals surface area (Å²) in [4.78, 5) is 11.1. The number of hydrogen-bond donors (Lipinski definition) is 1. The number of rotatable bonds is 5. The zero-order valence-electron chi connectivity index (χ0n) is 9.05. The van der Waals surface area contributed by atoms with Crippen LogP contribution in [-0.4, -0.2) is 11.6 Å². The zero-order chi connectivity index (χ0) is 10.3. The molecule has 0 atom stereocenters. The lowest BCUT2D eigenvalue weighted by molar-refractivity contribution is -0.121. The third-order valence-electron chi connectivity index (χ3n) is 1.58. The molecule has 3 nitrogen and oxygen atoms in total. The molecule has 0 aliphatic carbocycles. The first-order chi connectivity index (χ1) is 6.06. The van der Waals surface area contributed by atoms with Gasteiger partial charge in [0.1, 0.15) is 0 Å². The van der Waals surface area contributed by atoms with Gasteiger partial charge in [0.25, 0.3) is 0 Å². The highest BCUT2D eigenvalue weighted by Gasteiger charge is 2.02. The number of amides is 1. The van der Waals surface area contributed by atoms with Gasteiger partial charge in [0.2, 0.25) is 5.91 Å². The molecule has 0 aromatic rings. The summed E-state index contributed by atoms with van der Waals surface area (Å²) in [6.45, 7) is 8.05. The fourth-order valence-electron chi connectivity index (χ4n) is 0.992. The quantitative estimate of drug-likeness (QED) is 0.517. The molecular formula is C10H20N2O. The summed E-state index contributed by atoms with van der Waals surface area (Å²) in [5, 5.41) is 3.98. The number of carbonyl (C=O) groups is 1. The number of hydrogen-bond acceptors (Lipinski definition) is 2. The largest absolute Gasteiger partial charge is 0.273 e. The van der Waals surface area contributed by atoms with Crippen LogP contribution in [0.25, 0.3) is 0 Å². The summed E-state index contributed by atoms with van der Waals surface area (Å²) in [7, 11) is 0. The third-order valence-corrected chi connectivity index (χ3v) is 1.58. The van der Waals surface area contributed by atoms with E-state index >= 15 is 0 Å². The van der Waals surface area contributed by atoms with E-state index in [1.807, 2.05) is 20.8 Å². The fourth-order valence-corrected chi connectivity index (χ4v) is 0.992. The number of nitrogens with zero attached hydrogens (tertiary/aromatic N) is 1. The lowest BCUT2D eigenvalue weighted by atomic mass is 10.1. The molecule has 76 valence electrons. The average Bonchev–Trinajstić information content (AvgIpc) is 2.00. The minimum atomic E-state index is 0.00505. The van der Waals surface area contributed by atoms with Gasteiger partial charge in [0.15, 0.2) is 0 Å². The highest BCUT2D eigenvalue weighted by Crippen LogP contribution is 1.98. The molecular weight excluding hydrogens is 164 g/mol. The van der Waals surface area contributed by atoms with Crippen molar-refractivity contribution in [2.75, 3.05) is 0 Å². The zero-order valence-corrected chi connectivity index (χ0v) is 9.05. The first-order valence-electron chi connectivity index (χ1n) is 4.88. The van der Waals surface area contributed by atoms with Gasteiger partial charge in [-0.2, -0.15) is 5.10 Å². The Kier molecular flexibility index (Phi) is 6.20. The van der Waals surface area contributed by atoms with E-state index in [9.17, 15) is 4.79 Å². The molecule has 0 radical (unpaired) electrons. The Morgan fingerprint density at radius 3 is 2.54 bits per heavy atom. The number of nitrogens with one attached hydrogen (secondary N) is 1. The molecule has 0 bridgehead atoms. The van der Waals surface area contributed by atoms with Gasteiger partial charge in [0, 0.05) is 12.1 Å². The van der Waals surface area contributed by atoms with E-state index in [-0.39, 0.29) is 5.91 Å². The standard InChI is InChI=1S/C10H20N2O/c1-5-6-9(4)11-12-10(13)7-8(2)3/h8H,5-7H2,1-4H3,(H,12,13)/b11-9+. The Morgan fingerprint density at radius 2 is 2.08 bits per heavy atom. The second-order valence-corrected chi connectivity index (χ2v) is 3.73. The molecule has 0 aromatic carbocycles. The highest BCUT2D eigenvalue weighted by atomic mass is 16.2. The van der Waals surface area contributed by atoms with Crippen molar-refractivity contribution >= 4 is 11.6 Å². The van der Waals surface area contributed by atoms with Crippen molar-refractivity contribution in [1.29, 1.82) is 0 Å². The van der Waals surface area contributed by atoms with Crippen LogP contribution in [0.3, 0.4) is 0 Å². The molecule has 0 saturated carbocycles.